The molecule has 0 spiro atoms. The third-order valence-electron chi connectivity index (χ3n) is 1.49. The summed E-state index contributed by atoms with van der Waals surface area (Å²) in [4.78, 5) is 0. The van der Waals surface area contributed by atoms with Crippen molar-refractivity contribution < 1.29 is 14.6 Å². The van der Waals surface area contributed by atoms with Gasteiger partial charge in [0.2, 0.25) is 0 Å². The first-order chi connectivity index (χ1) is 4.84. The van der Waals surface area contributed by atoms with Crippen molar-refractivity contribution in [1.82, 2.24) is 5.32 Å². The fourth-order valence-corrected chi connectivity index (χ4v) is 0.919. The molecule has 10 heavy (non-hydrogen) atoms. The van der Waals surface area contributed by atoms with Crippen molar-refractivity contribution in [3.8, 4) is 0 Å². The molecule has 1 rings (SSSR count). The Morgan fingerprint density at radius 2 is 2.50 bits per heavy atom. The Morgan fingerprint density at radius 1 is 1.70 bits per heavy atom. The van der Waals surface area contributed by atoms with Gasteiger partial charge < -0.3 is 19.9 Å². The quantitative estimate of drug-likeness (QED) is 0.522. The van der Waals surface area contributed by atoms with Crippen LogP contribution in [0.4, 0.5) is 0 Å². The number of aliphatic hydroxyl groups is 1. The van der Waals surface area contributed by atoms with Crippen LogP contribution in [-0.2, 0) is 9.47 Å². The maximum atomic E-state index is 9.21. The minimum atomic E-state index is -0.485. The summed E-state index contributed by atoms with van der Waals surface area (Å²) in [6.45, 7) is 1.35. The van der Waals surface area contributed by atoms with Gasteiger partial charge in [-0.15, -0.1) is 0 Å². The molecule has 2 atom stereocenters. The average molecular weight is 147 g/mol. The Balaban J connectivity index is 2.25. The molecule has 0 saturated carbocycles. The summed E-state index contributed by atoms with van der Waals surface area (Å²) in [5, 5.41) is 12.1. The van der Waals surface area contributed by atoms with Gasteiger partial charge in [0.25, 0.3) is 0 Å². The lowest BCUT2D eigenvalue weighted by Crippen LogP contribution is -2.44. The van der Waals surface area contributed by atoms with Crippen LogP contribution in [0.2, 0.25) is 0 Å². The standard InChI is InChI=1S/C6H13NO3/c1-7-2-6-5(8)3-9-4-10-6/h5-8H,2-4H2,1H3/t5-,6-/m0/s1. The highest BCUT2D eigenvalue weighted by atomic mass is 16.7. The van der Waals surface area contributed by atoms with Gasteiger partial charge in [0, 0.05) is 6.54 Å². The predicted molar refractivity (Wildman–Crippen MR) is 35.6 cm³/mol. The zero-order valence-electron chi connectivity index (χ0n) is 6.04. The van der Waals surface area contributed by atoms with Gasteiger partial charge in [0.1, 0.15) is 19.0 Å². The maximum absolute atomic E-state index is 9.21. The van der Waals surface area contributed by atoms with E-state index in [1.807, 2.05) is 7.05 Å². The number of ether oxygens (including phenoxy) is 2. The molecule has 0 aromatic rings. The fraction of sp³-hybridized carbons (Fsp3) is 1.00. The molecule has 0 unspecified atom stereocenters. The van der Waals surface area contributed by atoms with E-state index in [2.05, 4.69) is 5.32 Å². The molecule has 1 aliphatic heterocycles. The first-order valence-electron chi connectivity index (χ1n) is 3.36. The minimum Gasteiger partial charge on any atom is -0.388 e. The van der Waals surface area contributed by atoms with Crippen LogP contribution in [-0.4, -0.2) is 44.3 Å². The van der Waals surface area contributed by atoms with Gasteiger partial charge in [-0.3, -0.25) is 0 Å². The summed E-state index contributed by atoms with van der Waals surface area (Å²) < 4.78 is 9.95. The molecule has 0 aromatic carbocycles. The molecule has 0 aliphatic carbocycles. The van der Waals surface area contributed by atoms with Crippen LogP contribution < -0.4 is 5.32 Å². The number of hydrogen-bond donors (Lipinski definition) is 2. The van der Waals surface area contributed by atoms with Crippen LogP contribution >= 0.6 is 0 Å². The van der Waals surface area contributed by atoms with Gasteiger partial charge in [-0.2, -0.15) is 0 Å². The molecule has 2 N–H and O–H groups in total. The summed E-state index contributed by atoms with van der Waals surface area (Å²) in [5.41, 5.74) is 0. The number of rotatable bonds is 2. The number of hydrogen-bond acceptors (Lipinski definition) is 4. The van der Waals surface area contributed by atoms with Gasteiger partial charge >= 0.3 is 0 Å². The largest absolute Gasteiger partial charge is 0.388 e. The van der Waals surface area contributed by atoms with Crippen LogP contribution in [0.15, 0.2) is 0 Å². The highest BCUT2D eigenvalue weighted by molar-refractivity contribution is 4.71. The lowest BCUT2D eigenvalue weighted by Gasteiger charge is -2.27. The molecule has 0 radical (unpaired) electrons. The molecule has 1 saturated heterocycles. The molecule has 60 valence electrons. The van der Waals surface area contributed by atoms with E-state index < -0.39 is 6.10 Å². The molecule has 0 aromatic heterocycles. The molecule has 0 bridgehead atoms. The average Bonchev–Trinajstić information content (AvgIpc) is 1.94. The van der Waals surface area contributed by atoms with Gasteiger partial charge in [0.15, 0.2) is 0 Å². The van der Waals surface area contributed by atoms with E-state index in [9.17, 15) is 5.11 Å². The van der Waals surface area contributed by atoms with E-state index in [0.29, 0.717) is 19.9 Å². The Labute approximate surface area is 60.1 Å². The third kappa shape index (κ3) is 1.91. The topological polar surface area (TPSA) is 50.7 Å². The second kappa shape index (κ2) is 3.88. The summed E-state index contributed by atoms with van der Waals surface area (Å²) in [6, 6.07) is 0. The highest BCUT2D eigenvalue weighted by Crippen LogP contribution is 2.05. The van der Waals surface area contributed by atoms with Crippen molar-refractivity contribution >= 4 is 0 Å². The van der Waals surface area contributed by atoms with Crippen molar-refractivity contribution in [1.29, 1.82) is 0 Å². The molecular weight excluding hydrogens is 134 g/mol. The van der Waals surface area contributed by atoms with Gasteiger partial charge in [-0.1, -0.05) is 0 Å². The molecular formula is C6H13NO3. The second-order valence-corrected chi connectivity index (χ2v) is 2.32. The predicted octanol–water partition coefficient (Wildman–Crippen LogP) is -1.06. The highest BCUT2D eigenvalue weighted by Gasteiger charge is 2.23. The van der Waals surface area contributed by atoms with Crippen LogP contribution in [0.25, 0.3) is 0 Å². The van der Waals surface area contributed by atoms with Crippen molar-refractivity contribution in [3.05, 3.63) is 0 Å². The molecule has 1 fully saturated rings. The van der Waals surface area contributed by atoms with Crippen LogP contribution in [0.1, 0.15) is 0 Å². The van der Waals surface area contributed by atoms with E-state index in [1.54, 1.807) is 0 Å². The number of likely N-dealkylation sites (N-methyl/N-ethyl adjacent to an activating group) is 1. The Kier molecular flexibility index (Phi) is 3.08. The summed E-state index contributed by atoms with van der Waals surface area (Å²) in [7, 11) is 1.82. The second-order valence-electron chi connectivity index (χ2n) is 2.32. The van der Waals surface area contributed by atoms with Crippen LogP contribution in [0, 0.1) is 0 Å². The molecule has 4 nitrogen and oxygen atoms in total. The van der Waals surface area contributed by atoms with Crippen molar-refractivity contribution in [2.24, 2.45) is 0 Å². The first-order valence-corrected chi connectivity index (χ1v) is 3.36. The lowest BCUT2D eigenvalue weighted by molar-refractivity contribution is -0.191. The van der Waals surface area contributed by atoms with Gasteiger partial charge in [0.05, 0.1) is 6.61 Å². The zero-order chi connectivity index (χ0) is 7.40. The van der Waals surface area contributed by atoms with E-state index in [0.717, 1.165) is 0 Å². The van der Waals surface area contributed by atoms with Gasteiger partial charge in [-0.05, 0) is 7.05 Å². The lowest BCUT2D eigenvalue weighted by atomic mass is 10.2. The van der Waals surface area contributed by atoms with E-state index >= 15 is 0 Å². The maximum Gasteiger partial charge on any atom is 0.147 e. The Hall–Kier alpha value is -0.160. The summed E-state index contributed by atoms with van der Waals surface area (Å²) >= 11 is 0. The summed E-state index contributed by atoms with van der Waals surface area (Å²) in [6.07, 6.45) is -0.597. The molecule has 1 aliphatic rings. The normalized spacial score (nSPS) is 34.2. The fourth-order valence-electron chi connectivity index (χ4n) is 0.919. The van der Waals surface area contributed by atoms with Gasteiger partial charge in [-0.25, -0.2) is 0 Å². The van der Waals surface area contributed by atoms with E-state index in [-0.39, 0.29) is 6.10 Å². The molecule has 0 amide bonds. The molecule has 1 heterocycles. The Morgan fingerprint density at radius 3 is 3.10 bits per heavy atom. The smallest absolute Gasteiger partial charge is 0.147 e. The van der Waals surface area contributed by atoms with Crippen LogP contribution in [0.5, 0.6) is 0 Å². The minimum absolute atomic E-state index is 0.112. The summed E-state index contributed by atoms with van der Waals surface area (Å²) in [5.74, 6) is 0. The first kappa shape index (κ1) is 7.94. The molecule has 4 heteroatoms. The van der Waals surface area contributed by atoms with Crippen molar-refractivity contribution in [2.45, 2.75) is 12.2 Å². The Bertz CT molecular complexity index is 97.0. The third-order valence-corrected chi connectivity index (χ3v) is 1.49. The monoisotopic (exact) mass is 147 g/mol. The van der Waals surface area contributed by atoms with E-state index in [4.69, 9.17) is 9.47 Å². The number of aliphatic hydroxyl groups excluding tert-OH is 1. The van der Waals surface area contributed by atoms with E-state index in [1.165, 1.54) is 0 Å². The number of nitrogens with one attached hydrogen (secondary N) is 1. The zero-order valence-corrected chi connectivity index (χ0v) is 6.04. The van der Waals surface area contributed by atoms with Crippen LogP contribution in [0.3, 0.4) is 0 Å². The SMILES string of the molecule is CNC[C@@H]1OCOC[C@@H]1O. The van der Waals surface area contributed by atoms with Crippen molar-refractivity contribution in [2.75, 3.05) is 27.0 Å². The van der Waals surface area contributed by atoms with Crippen molar-refractivity contribution in [3.63, 3.8) is 0 Å².